The molecule has 1 rings (SSSR count). The minimum atomic E-state index is -1.24. The number of alkyl carbamates (subject to hydrolysis) is 1. The van der Waals surface area contributed by atoms with E-state index in [4.69, 9.17) is 4.74 Å². The van der Waals surface area contributed by atoms with Crippen molar-refractivity contribution < 1.29 is 24.5 Å². The van der Waals surface area contributed by atoms with Gasteiger partial charge < -0.3 is 20.3 Å². The molecule has 2 atom stereocenters. The third kappa shape index (κ3) is 4.92. The lowest BCUT2D eigenvalue weighted by molar-refractivity contribution is 0.0129. The number of amides is 1. The molecule has 2 unspecified atom stereocenters. The largest absolute Gasteiger partial charge is 0.444 e. The topological polar surface area (TPSA) is 95.9 Å². The lowest BCUT2D eigenvalue weighted by atomic mass is 10.1. The number of aliphatic hydroxyl groups is 2. The van der Waals surface area contributed by atoms with Crippen LogP contribution in [0.2, 0.25) is 0 Å². The minimum absolute atomic E-state index is 0.176. The molecule has 0 saturated carbocycles. The molecule has 0 saturated heterocycles. The first-order valence-electron chi connectivity index (χ1n) is 6.10. The van der Waals surface area contributed by atoms with Crippen molar-refractivity contribution in [1.82, 2.24) is 5.32 Å². The number of aldehydes is 1. The van der Waals surface area contributed by atoms with E-state index in [9.17, 15) is 19.8 Å². The summed E-state index contributed by atoms with van der Waals surface area (Å²) in [7, 11) is 0. The minimum Gasteiger partial charge on any atom is -0.444 e. The Bertz CT molecular complexity index is 466. The van der Waals surface area contributed by atoms with Gasteiger partial charge >= 0.3 is 6.09 Å². The van der Waals surface area contributed by atoms with Crippen LogP contribution < -0.4 is 5.32 Å². The van der Waals surface area contributed by atoms with Crippen LogP contribution in [-0.2, 0) is 4.74 Å². The van der Waals surface area contributed by atoms with Gasteiger partial charge in [-0.25, -0.2) is 4.79 Å². The summed E-state index contributed by atoms with van der Waals surface area (Å²) in [5, 5.41) is 23.8. The van der Waals surface area contributed by atoms with Crippen LogP contribution in [0.25, 0.3) is 0 Å². The van der Waals surface area contributed by atoms with Crippen molar-refractivity contribution in [2.45, 2.75) is 38.6 Å². The Kier molecular flexibility index (Phi) is 5.67. The fourth-order valence-electron chi connectivity index (χ4n) is 1.49. The van der Waals surface area contributed by atoms with Crippen molar-refractivity contribution in [1.29, 1.82) is 0 Å². The molecule has 3 N–H and O–H groups in total. The summed E-state index contributed by atoms with van der Waals surface area (Å²) in [4.78, 5) is 22.5. The van der Waals surface area contributed by atoms with E-state index in [1.165, 1.54) is 11.3 Å². The van der Waals surface area contributed by atoms with E-state index < -0.39 is 23.9 Å². The molecule has 0 aliphatic heterocycles. The predicted octanol–water partition coefficient (Wildman–Crippen LogP) is 1.48. The molecule has 0 radical (unpaired) electrons. The standard InChI is InChI=1S/C13H19NO5S/c1-13(2,3)19-12(18)14-6-9(16)11(17)8-4-5-20-10(8)7-15/h4-5,7,9,11,16-17H,6H2,1-3H3,(H,14,18). The van der Waals surface area contributed by atoms with E-state index in [2.05, 4.69) is 5.32 Å². The Balaban J connectivity index is 2.52. The summed E-state index contributed by atoms with van der Waals surface area (Å²) < 4.78 is 5.01. The smallest absolute Gasteiger partial charge is 0.407 e. The Morgan fingerprint density at radius 1 is 1.50 bits per heavy atom. The van der Waals surface area contributed by atoms with Crippen LogP contribution in [0.4, 0.5) is 4.79 Å². The van der Waals surface area contributed by atoms with Crippen molar-refractivity contribution in [3.8, 4) is 0 Å². The quantitative estimate of drug-likeness (QED) is 0.716. The highest BCUT2D eigenvalue weighted by atomic mass is 32.1. The van der Waals surface area contributed by atoms with E-state index in [-0.39, 0.29) is 6.54 Å². The molecule has 20 heavy (non-hydrogen) atoms. The van der Waals surface area contributed by atoms with Gasteiger partial charge in [-0.1, -0.05) is 0 Å². The van der Waals surface area contributed by atoms with Crippen LogP contribution in [0.15, 0.2) is 11.4 Å². The molecule has 112 valence electrons. The monoisotopic (exact) mass is 301 g/mol. The summed E-state index contributed by atoms with van der Waals surface area (Å²) in [5.74, 6) is 0. The van der Waals surface area contributed by atoms with Crippen LogP contribution in [0.5, 0.6) is 0 Å². The number of hydrogen-bond acceptors (Lipinski definition) is 6. The Morgan fingerprint density at radius 3 is 2.70 bits per heavy atom. The van der Waals surface area contributed by atoms with Gasteiger partial charge in [-0.3, -0.25) is 4.79 Å². The number of ether oxygens (including phenoxy) is 1. The first kappa shape index (κ1) is 16.6. The van der Waals surface area contributed by atoms with E-state index in [1.807, 2.05) is 0 Å². The fourth-order valence-corrected chi connectivity index (χ4v) is 2.23. The number of aliphatic hydroxyl groups excluding tert-OH is 2. The molecule has 0 aromatic carbocycles. The zero-order valence-corrected chi connectivity index (χ0v) is 12.4. The van der Waals surface area contributed by atoms with Crippen LogP contribution >= 0.6 is 11.3 Å². The summed E-state index contributed by atoms with van der Waals surface area (Å²) in [6, 6.07) is 1.57. The van der Waals surface area contributed by atoms with E-state index >= 15 is 0 Å². The van der Waals surface area contributed by atoms with Gasteiger partial charge in [-0.2, -0.15) is 0 Å². The van der Waals surface area contributed by atoms with Crippen LogP contribution in [0.1, 0.15) is 42.1 Å². The van der Waals surface area contributed by atoms with Crippen molar-refractivity contribution >= 4 is 23.7 Å². The van der Waals surface area contributed by atoms with E-state index in [0.29, 0.717) is 16.7 Å². The van der Waals surface area contributed by atoms with Gasteiger partial charge in [0.15, 0.2) is 6.29 Å². The van der Waals surface area contributed by atoms with Crippen molar-refractivity contribution in [2.75, 3.05) is 6.54 Å². The number of carbonyl (C=O) groups excluding carboxylic acids is 2. The molecule has 6 nitrogen and oxygen atoms in total. The highest BCUT2D eigenvalue weighted by molar-refractivity contribution is 7.11. The average Bonchev–Trinajstić information content (AvgIpc) is 2.81. The number of rotatable bonds is 5. The first-order valence-corrected chi connectivity index (χ1v) is 6.98. The van der Waals surface area contributed by atoms with Gasteiger partial charge in [0.1, 0.15) is 17.8 Å². The number of hydrogen-bond donors (Lipinski definition) is 3. The Hall–Kier alpha value is -1.44. The summed E-state index contributed by atoms with van der Waals surface area (Å²) >= 11 is 1.18. The van der Waals surface area contributed by atoms with Crippen molar-refractivity contribution in [3.05, 3.63) is 21.9 Å². The summed E-state index contributed by atoms with van der Waals surface area (Å²) in [6.07, 6.45) is -2.52. The van der Waals surface area contributed by atoms with Gasteiger partial charge in [0, 0.05) is 12.1 Å². The number of nitrogens with one attached hydrogen (secondary N) is 1. The zero-order valence-electron chi connectivity index (χ0n) is 11.6. The molecular formula is C13H19NO5S. The van der Waals surface area contributed by atoms with Crippen molar-refractivity contribution in [2.24, 2.45) is 0 Å². The zero-order chi connectivity index (χ0) is 15.3. The molecule has 0 fully saturated rings. The molecular weight excluding hydrogens is 282 g/mol. The maximum absolute atomic E-state index is 11.4. The van der Waals surface area contributed by atoms with Crippen LogP contribution in [0, 0.1) is 0 Å². The summed E-state index contributed by atoms with van der Waals surface area (Å²) in [5.41, 5.74) is -0.283. The molecule has 1 aromatic rings. The molecule has 0 bridgehead atoms. The average molecular weight is 301 g/mol. The van der Waals surface area contributed by atoms with Crippen LogP contribution in [-0.4, -0.2) is 40.8 Å². The molecule has 0 spiro atoms. The first-order chi connectivity index (χ1) is 9.24. The van der Waals surface area contributed by atoms with E-state index in [0.717, 1.165) is 0 Å². The normalized spacial score (nSPS) is 14.4. The third-order valence-corrected chi connectivity index (χ3v) is 3.23. The number of thiophene rings is 1. The third-order valence-electron chi connectivity index (χ3n) is 2.37. The lowest BCUT2D eigenvalue weighted by Gasteiger charge is -2.22. The van der Waals surface area contributed by atoms with Gasteiger partial charge in [0.25, 0.3) is 0 Å². The van der Waals surface area contributed by atoms with Crippen LogP contribution in [0.3, 0.4) is 0 Å². The molecule has 7 heteroatoms. The second-order valence-corrected chi connectivity index (χ2v) is 6.20. The SMILES string of the molecule is CC(C)(C)OC(=O)NCC(O)C(O)c1ccsc1C=O. The predicted molar refractivity (Wildman–Crippen MR) is 74.9 cm³/mol. The molecule has 0 aliphatic carbocycles. The maximum Gasteiger partial charge on any atom is 0.407 e. The van der Waals surface area contributed by atoms with E-state index in [1.54, 1.807) is 32.2 Å². The second kappa shape index (κ2) is 6.83. The Labute approximate surface area is 121 Å². The highest BCUT2D eigenvalue weighted by Crippen LogP contribution is 2.24. The molecule has 1 amide bonds. The van der Waals surface area contributed by atoms with Gasteiger partial charge in [0.2, 0.25) is 0 Å². The summed E-state index contributed by atoms with van der Waals surface area (Å²) in [6.45, 7) is 4.99. The van der Waals surface area contributed by atoms with Gasteiger partial charge in [-0.05, 0) is 32.2 Å². The highest BCUT2D eigenvalue weighted by Gasteiger charge is 2.23. The Morgan fingerprint density at radius 2 is 2.15 bits per heavy atom. The number of carbonyl (C=O) groups is 2. The van der Waals surface area contributed by atoms with Gasteiger partial charge in [0.05, 0.1) is 4.88 Å². The maximum atomic E-state index is 11.4. The fraction of sp³-hybridized carbons (Fsp3) is 0.538. The second-order valence-electron chi connectivity index (χ2n) is 5.25. The van der Waals surface area contributed by atoms with Gasteiger partial charge in [-0.15, -0.1) is 11.3 Å². The lowest BCUT2D eigenvalue weighted by Crippen LogP contribution is -2.38. The van der Waals surface area contributed by atoms with Crippen molar-refractivity contribution in [3.63, 3.8) is 0 Å². The molecule has 0 aliphatic rings. The molecule has 1 heterocycles. The molecule has 1 aromatic heterocycles.